The van der Waals surface area contributed by atoms with Gasteiger partial charge in [0, 0.05) is 13.5 Å². The maximum atomic E-state index is 6.39. The second-order valence-electron chi connectivity index (χ2n) is 5.60. The van der Waals surface area contributed by atoms with Crippen LogP contribution in [0.15, 0.2) is 4.52 Å². The predicted octanol–water partition coefficient (Wildman–Crippen LogP) is 2.01. The summed E-state index contributed by atoms with van der Waals surface area (Å²) in [6, 6.07) is 0. The highest BCUT2D eigenvalue weighted by Gasteiger charge is 2.37. The van der Waals surface area contributed by atoms with Gasteiger partial charge in [0.25, 0.3) is 0 Å². The first kappa shape index (κ1) is 13.5. The molecule has 1 aromatic heterocycles. The van der Waals surface area contributed by atoms with Gasteiger partial charge >= 0.3 is 0 Å². The lowest BCUT2D eigenvalue weighted by Crippen LogP contribution is -2.40. The van der Waals surface area contributed by atoms with Crippen molar-refractivity contribution in [3.63, 3.8) is 0 Å². The summed E-state index contributed by atoms with van der Waals surface area (Å²) >= 11 is 0. The Morgan fingerprint density at radius 2 is 2.17 bits per heavy atom. The molecule has 1 saturated carbocycles. The quantitative estimate of drug-likeness (QED) is 0.888. The van der Waals surface area contributed by atoms with Crippen LogP contribution in [0.1, 0.15) is 51.2 Å². The van der Waals surface area contributed by atoms with Crippen molar-refractivity contribution in [3.05, 3.63) is 11.7 Å². The van der Waals surface area contributed by atoms with Gasteiger partial charge in [-0.2, -0.15) is 4.98 Å². The molecule has 0 radical (unpaired) electrons. The molecule has 2 N–H and O–H groups in total. The second kappa shape index (κ2) is 5.36. The predicted molar refractivity (Wildman–Crippen MR) is 68.0 cm³/mol. The molecule has 1 aliphatic carbocycles. The molecule has 0 spiro atoms. The Labute approximate surface area is 108 Å². The van der Waals surface area contributed by atoms with E-state index in [2.05, 4.69) is 17.1 Å². The molecule has 2 rings (SSSR count). The van der Waals surface area contributed by atoms with E-state index in [9.17, 15) is 0 Å². The molecule has 1 aromatic rings. The molecular formula is C13H23N3O2. The Bertz CT molecular complexity index is 383. The van der Waals surface area contributed by atoms with Gasteiger partial charge in [0.1, 0.15) is 0 Å². The minimum atomic E-state index is -0.423. The average molecular weight is 253 g/mol. The van der Waals surface area contributed by atoms with Gasteiger partial charge < -0.3 is 15.0 Å². The van der Waals surface area contributed by atoms with E-state index in [1.165, 1.54) is 0 Å². The molecular weight excluding hydrogens is 230 g/mol. The minimum Gasteiger partial charge on any atom is -0.381 e. The lowest BCUT2D eigenvalue weighted by Gasteiger charge is -2.32. The summed E-state index contributed by atoms with van der Waals surface area (Å²) in [5.41, 5.74) is 5.97. The smallest absolute Gasteiger partial charge is 0.246 e. The summed E-state index contributed by atoms with van der Waals surface area (Å²) in [6.45, 7) is 4.25. The molecule has 1 unspecified atom stereocenters. The van der Waals surface area contributed by atoms with Gasteiger partial charge in [0.05, 0.1) is 11.6 Å². The zero-order chi connectivity index (χ0) is 13.2. The van der Waals surface area contributed by atoms with E-state index in [1.54, 1.807) is 7.11 Å². The standard InChI is InChI=1S/C13H23N3O2/c1-9-4-6-13(14,7-5-9)12-15-11(16-18-12)8-10(2)17-3/h9-10H,4-8,14H2,1-3H3. The summed E-state index contributed by atoms with van der Waals surface area (Å²) < 4.78 is 10.5. The molecule has 1 heterocycles. The first-order valence-corrected chi connectivity index (χ1v) is 6.68. The third-order valence-electron chi connectivity index (χ3n) is 3.93. The number of methoxy groups -OCH3 is 1. The molecule has 5 heteroatoms. The summed E-state index contributed by atoms with van der Waals surface area (Å²) in [4.78, 5) is 4.44. The first-order valence-electron chi connectivity index (χ1n) is 6.68. The van der Waals surface area contributed by atoms with Gasteiger partial charge in [0.2, 0.25) is 5.89 Å². The zero-order valence-electron chi connectivity index (χ0n) is 11.5. The Balaban J connectivity index is 2.05. The Hall–Kier alpha value is -0.940. The van der Waals surface area contributed by atoms with E-state index in [0.717, 1.165) is 31.6 Å². The third-order valence-corrected chi connectivity index (χ3v) is 3.93. The van der Waals surface area contributed by atoms with E-state index in [0.29, 0.717) is 18.1 Å². The normalized spacial score (nSPS) is 30.3. The average Bonchev–Trinajstić information content (AvgIpc) is 2.82. The maximum Gasteiger partial charge on any atom is 0.246 e. The highest BCUT2D eigenvalue weighted by Crippen LogP contribution is 2.36. The van der Waals surface area contributed by atoms with Crippen LogP contribution in [0, 0.1) is 5.92 Å². The van der Waals surface area contributed by atoms with Crippen molar-refractivity contribution in [1.29, 1.82) is 0 Å². The van der Waals surface area contributed by atoms with Crippen LogP contribution in [0.4, 0.5) is 0 Å². The van der Waals surface area contributed by atoms with Crippen molar-refractivity contribution < 1.29 is 9.26 Å². The minimum absolute atomic E-state index is 0.0931. The molecule has 0 bridgehead atoms. The lowest BCUT2D eigenvalue weighted by molar-refractivity contribution is 0.116. The number of ether oxygens (including phenoxy) is 1. The maximum absolute atomic E-state index is 6.39. The van der Waals surface area contributed by atoms with Crippen molar-refractivity contribution in [2.24, 2.45) is 11.7 Å². The van der Waals surface area contributed by atoms with Gasteiger partial charge in [-0.25, -0.2) is 0 Å². The van der Waals surface area contributed by atoms with E-state index < -0.39 is 5.54 Å². The summed E-state index contributed by atoms with van der Waals surface area (Å²) in [5, 5.41) is 4.00. The fourth-order valence-corrected chi connectivity index (χ4v) is 2.37. The highest BCUT2D eigenvalue weighted by molar-refractivity contribution is 5.04. The molecule has 0 aromatic carbocycles. The highest BCUT2D eigenvalue weighted by atomic mass is 16.5. The van der Waals surface area contributed by atoms with Crippen LogP contribution in [-0.4, -0.2) is 23.4 Å². The van der Waals surface area contributed by atoms with Gasteiger partial charge in [-0.1, -0.05) is 12.1 Å². The number of hydrogen-bond acceptors (Lipinski definition) is 5. The Morgan fingerprint density at radius 1 is 1.50 bits per heavy atom. The van der Waals surface area contributed by atoms with Crippen LogP contribution in [0.25, 0.3) is 0 Å². The van der Waals surface area contributed by atoms with Crippen LogP contribution in [0.2, 0.25) is 0 Å². The topological polar surface area (TPSA) is 74.2 Å². The van der Waals surface area contributed by atoms with E-state index in [-0.39, 0.29) is 6.10 Å². The van der Waals surface area contributed by atoms with Crippen LogP contribution in [-0.2, 0) is 16.7 Å². The molecule has 0 amide bonds. The van der Waals surface area contributed by atoms with Gasteiger partial charge in [0.15, 0.2) is 5.82 Å². The second-order valence-corrected chi connectivity index (χ2v) is 5.60. The molecule has 5 nitrogen and oxygen atoms in total. The Kier molecular flexibility index (Phi) is 4.02. The number of nitrogens with two attached hydrogens (primary N) is 1. The van der Waals surface area contributed by atoms with E-state index in [1.807, 2.05) is 6.92 Å². The first-order chi connectivity index (χ1) is 8.53. The molecule has 18 heavy (non-hydrogen) atoms. The SMILES string of the molecule is COC(C)Cc1noc(C2(N)CCC(C)CC2)n1. The Morgan fingerprint density at radius 3 is 2.78 bits per heavy atom. The third kappa shape index (κ3) is 2.90. The number of hydrogen-bond donors (Lipinski definition) is 1. The number of nitrogens with zero attached hydrogens (tertiary/aromatic N) is 2. The monoisotopic (exact) mass is 253 g/mol. The largest absolute Gasteiger partial charge is 0.381 e. The fourth-order valence-electron chi connectivity index (χ4n) is 2.37. The zero-order valence-corrected chi connectivity index (χ0v) is 11.5. The van der Waals surface area contributed by atoms with Crippen molar-refractivity contribution in [1.82, 2.24) is 10.1 Å². The number of aromatic nitrogens is 2. The summed E-state index contributed by atoms with van der Waals surface area (Å²) in [6.07, 6.45) is 4.86. The lowest BCUT2D eigenvalue weighted by atomic mass is 9.78. The molecule has 102 valence electrons. The van der Waals surface area contributed by atoms with Crippen molar-refractivity contribution in [2.75, 3.05) is 7.11 Å². The van der Waals surface area contributed by atoms with Crippen molar-refractivity contribution in [2.45, 2.75) is 57.6 Å². The van der Waals surface area contributed by atoms with Crippen molar-refractivity contribution >= 4 is 0 Å². The fraction of sp³-hybridized carbons (Fsp3) is 0.846. The van der Waals surface area contributed by atoms with Gasteiger partial charge in [-0.3, -0.25) is 0 Å². The van der Waals surface area contributed by atoms with Gasteiger partial charge in [-0.15, -0.1) is 0 Å². The molecule has 1 aliphatic rings. The molecule has 0 saturated heterocycles. The van der Waals surface area contributed by atoms with Crippen LogP contribution in [0.3, 0.4) is 0 Å². The van der Waals surface area contributed by atoms with Crippen LogP contribution < -0.4 is 5.73 Å². The van der Waals surface area contributed by atoms with Gasteiger partial charge in [-0.05, 0) is 38.5 Å². The van der Waals surface area contributed by atoms with Crippen LogP contribution in [0.5, 0.6) is 0 Å². The molecule has 0 aliphatic heterocycles. The summed E-state index contributed by atoms with van der Waals surface area (Å²) in [5.74, 6) is 2.02. The van der Waals surface area contributed by atoms with E-state index >= 15 is 0 Å². The van der Waals surface area contributed by atoms with Crippen molar-refractivity contribution in [3.8, 4) is 0 Å². The summed E-state index contributed by atoms with van der Waals surface area (Å²) in [7, 11) is 1.68. The molecule has 1 fully saturated rings. The number of rotatable bonds is 4. The van der Waals surface area contributed by atoms with Crippen LogP contribution >= 0.6 is 0 Å². The van der Waals surface area contributed by atoms with E-state index in [4.69, 9.17) is 15.0 Å². The molecule has 1 atom stereocenters.